The van der Waals surface area contributed by atoms with Crippen LogP contribution in [0.5, 0.6) is 0 Å². The summed E-state index contributed by atoms with van der Waals surface area (Å²) in [6.45, 7) is 19.2. The van der Waals surface area contributed by atoms with Crippen LogP contribution in [0.2, 0.25) is 0 Å². The average molecular weight is 246 g/mol. The Labute approximate surface area is 111 Å². The maximum atomic E-state index is 2.44. The van der Waals surface area contributed by atoms with E-state index in [2.05, 4.69) is 51.6 Å². The second-order valence-electron chi connectivity index (χ2n) is 4.29. The lowest BCUT2D eigenvalue weighted by molar-refractivity contribution is 0.0761. The van der Waals surface area contributed by atoms with Gasteiger partial charge in [-0.25, -0.2) is 0 Å². The summed E-state index contributed by atoms with van der Waals surface area (Å²) in [6.07, 6.45) is 1.25. The zero-order valence-electron chi connectivity index (χ0n) is 14.2. The molecule has 0 saturated carbocycles. The quantitative estimate of drug-likeness (QED) is 0.635. The number of hydrogen-bond acceptors (Lipinski definition) is 2. The molecule has 1 heterocycles. The minimum Gasteiger partial charge on any atom is -0.303 e. The van der Waals surface area contributed by atoms with E-state index >= 15 is 0 Å². The highest BCUT2D eigenvalue weighted by atomic mass is 15.3. The summed E-state index contributed by atoms with van der Waals surface area (Å²) in [4.78, 5) is 4.84. The monoisotopic (exact) mass is 246 g/mol. The molecule has 0 aromatic heterocycles. The molecular weight excluding hydrogens is 208 g/mol. The van der Waals surface area contributed by atoms with Crippen molar-refractivity contribution in [1.29, 1.82) is 0 Å². The Morgan fingerprint density at radius 1 is 0.824 bits per heavy atom. The standard InChI is InChI=1S/C8H18N2.C3H8.2C2H6/c1-7-5-9(3)6-8(2)10(7)4;1-3-2;2*1-2/h7-8H,5-6H2,1-4H3;3H2,1-2H3;2*1-2H3. The van der Waals surface area contributed by atoms with Crippen molar-refractivity contribution >= 4 is 0 Å². The molecule has 0 amide bonds. The first-order valence-electron chi connectivity index (χ1n) is 7.43. The van der Waals surface area contributed by atoms with Crippen molar-refractivity contribution in [2.45, 2.75) is 73.9 Å². The Morgan fingerprint density at radius 3 is 1.29 bits per heavy atom. The summed E-state index contributed by atoms with van der Waals surface area (Å²) in [5, 5.41) is 0. The van der Waals surface area contributed by atoms with Crippen LogP contribution < -0.4 is 0 Å². The number of piperazine rings is 1. The molecule has 1 aliphatic heterocycles. The van der Waals surface area contributed by atoms with Crippen molar-refractivity contribution < 1.29 is 0 Å². The molecular formula is C15H38N2. The first kappa shape index (κ1) is 22.1. The average Bonchev–Trinajstić information content (AvgIpc) is 2.32. The highest BCUT2D eigenvalue weighted by molar-refractivity contribution is 4.80. The van der Waals surface area contributed by atoms with Gasteiger partial charge in [-0.05, 0) is 27.9 Å². The van der Waals surface area contributed by atoms with Crippen LogP contribution in [-0.4, -0.2) is 49.1 Å². The summed E-state index contributed by atoms with van der Waals surface area (Å²) in [7, 11) is 4.41. The molecule has 0 aromatic carbocycles. The van der Waals surface area contributed by atoms with Gasteiger partial charge in [0.15, 0.2) is 0 Å². The lowest BCUT2D eigenvalue weighted by Crippen LogP contribution is -2.53. The van der Waals surface area contributed by atoms with Gasteiger partial charge in [0.05, 0.1) is 0 Å². The lowest BCUT2D eigenvalue weighted by atomic mass is 10.1. The van der Waals surface area contributed by atoms with Gasteiger partial charge in [-0.15, -0.1) is 0 Å². The fraction of sp³-hybridized carbons (Fsp3) is 1.00. The van der Waals surface area contributed by atoms with Crippen LogP contribution in [0.1, 0.15) is 61.8 Å². The summed E-state index contributed by atoms with van der Waals surface area (Å²) in [6, 6.07) is 1.43. The van der Waals surface area contributed by atoms with Crippen LogP contribution in [0.25, 0.3) is 0 Å². The maximum absolute atomic E-state index is 2.44. The third kappa shape index (κ3) is 12.2. The van der Waals surface area contributed by atoms with E-state index in [4.69, 9.17) is 0 Å². The number of likely N-dealkylation sites (N-methyl/N-ethyl adjacent to an activating group) is 2. The molecule has 2 unspecified atom stereocenters. The van der Waals surface area contributed by atoms with Crippen molar-refractivity contribution in [1.82, 2.24) is 9.80 Å². The van der Waals surface area contributed by atoms with Crippen molar-refractivity contribution in [3.05, 3.63) is 0 Å². The number of hydrogen-bond donors (Lipinski definition) is 0. The van der Waals surface area contributed by atoms with Crippen LogP contribution >= 0.6 is 0 Å². The van der Waals surface area contributed by atoms with Crippen molar-refractivity contribution in [2.24, 2.45) is 0 Å². The fourth-order valence-corrected chi connectivity index (χ4v) is 1.67. The van der Waals surface area contributed by atoms with Gasteiger partial charge in [0.25, 0.3) is 0 Å². The Balaban J connectivity index is -0.000000239. The fourth-order valence-electron chi connectivity index (χ4n) is 1.67. The van der Waals surface area contributed by atoms with Crippen molar-refractivity contribution in [3.63, 3.8) is 0 Å². The van der Waals surface area contributed by atoms with Gasteiger partial charge in [-0.2, -0.15) is 0 Å². The van der Waals surface area contributed by atoms with Gasteiger partial charge in [0, 0.05) is 25.2 Å². The van der Waals surface area contributed by atoms with Crippen LogP contribution in [0, 0.1) is 0 Å². The third-order valence-electron chi connectivity index (χ3n) is 2.54. The van der Waals surface area contributed by atoms with E-state index in [0.717, 1.165) is 0 Å². The van der Waals surface area contributed by atoms with Gasteiger partial charge in [-0.1, -0.05) is 48.0 Å². The largest absolute Gasteiger partial charge is 0.303 e. The Morgan fingerprint density at radius 2 is 1.06 bits per heavy atom. The van der Waals surface area contributed by atoms with E-state index in [9.17, 15) is 0 Å². The smallest absolute Gasteiger partial charge is 0.0195 e. The Kier molecular flexibility index (Phi) is 20.7. The van der Waals surface area contributed by atoms with Crippen LogP contribution in [-0.2, 0) is 0 Å². The van der Waals surface area contributed by atoms with Gasteiger partial charge in [0.1, 0.15) is 0 Å². The highest BCUT2D eigenvalue weighted by Crippen LogP contribution is 2.10. The van der Waals surface area contributed by atoms with Gasteiger partial charge in [0.2, 0.25) is 0 Å². The minimum absolute atomic E-state index is 0.716. The van der Waals surface area contributed by atoms with E-state index in [1.807, 2.05) is 27.7 Å². The molecule has 0 aliphatic carbocycles. The van der Waals surface area contributed by atoms with Gasteiger partial charge >= 0.3 is 0 Å². The molecule has 1 rings (SSSR count). The predicted octanol–water partition coefficient (Wildman–Crippen LogP) is 4.11. The topological polar surface area (TPSA) is 6.48 Å². The molecule has 0 spiro atoms. The summed E-state index contributed by atoms with van der Waals surface area (Å²) in [5.74, 6) is 0. The molecule has 17 heavy (non-hydrogen) atoms. The molecule has 0 N–H and O–H groups in total. The van der Waals surface area contributed by atoms with Crippen LogP contribution in [0.3, 0.4) is 0 Å². The van der Waals surface area contributed by atoms with Crippen molar-refractivity contribution in [3.8, 4) is 0 Å². The molecule has 2 atom stereocenters. The Hall–Kier alpha value is -0.0800. The van der Waals surface area contributed by atoms with E-state index in [0.29, 0.717) is 12.1 Å². The van der Waals surface area contributed by atoms with E-state index in [-0.39, 0.29) is 0 Å². The molecule has 1 fully saturated rings. The summed E-state index contributed by atoms with van der Waals surface area (Å²) in [5.41, 5.74) is 0. The normalized spacial score (nSPS) is 24.4. The SMILES string of the molecule is CC.CC.CC1CN(C)CC(C)N1C.CCC. The zero-order valence-corrected chi connectivity index (χ0v) is 14.2. The molecule has 0 aromatic rings. The highest BCUT2D eigenvalue weighted by Gasteiger charge is 2.23. The van der Waals surface area contributed by atoms with Crippen LogP contribution in [0.4, 0.5) is 0 Å². The van der Waals surface area contributed by atoms with Crippen LogP contribution in [0.15, 0.2) is 0 Å². The van der Waals surface area contributed by atoms with Gasteiger partial charge < -0.3 is 4.90 Å². The second kappa shape index (κ2) is 15.9. The summed E-state index contributed by atoms with van der Waals surface area (Å²) < 4.78 is 0. The van der Waals surface area contributed by atoms with E-state index in [1.165, 1.54) is 19.5 Å². The molecule has 2 nitrogen and oxygen atoms in total. The predicted molar refractivity (Wildman–Crippen MR) is 82.8 cm³/mol. The second-order valence-corrected chi connectivity index (χ2v) is 4.29. The zero-order chi connectivity index (χ0) is 14.4. The third-order valence-corrected chi connectivity index (χ3v) is 2.54. The lowest BCUT2D eigenvalue weighted by Gasteiger charge is -2.40. The van der Waals surface area contributed by atoms with E-state index in [1.54, 1.807) is 0 Å². The molecule has 0 bridgehead atoms. The molecule has 2 heteroatoms. The van der Waals surface area contributed by atoms with Gasteiger partial charge in [-0.3, -0.25) is 4.90 Å². The molecule has 1 saturated heterocycles. The van der Waals surface area contributed by atoms with E-state index < -0.39 is 0 Å². The number of rotatable bonds is 0. The first-order chi connectivity index (χ1) is 8.02. The minimum atomic E-state index is 0.716. The molecule has 1 aliphatic rings. The summed E-state index contributed by atoms with van der Waals surface area (Å²) >= 11 is 0. The first-order valence-corrected chi connectivity index (χ1v) is 7.43. The maximum Gasteiger partial charge on any atom is 0.0195 e. The Bertz CT molecular complexity index is 114. The molecule has 108 valence electrons. The molecule has 0 radical (unpaired) electrons. The number of nitrogens with zero attached hydrogens (tertiary/aromatic N) is 2. The van der Waals surface area contributed by atoms with Crippen molar-refractivity contribution in [2.75, 3.05) is 27.2 Å².